The number of hydrogen-bond donors (Lipinski definition) is 3. The highest BCUT2D eigenvalue weighted by Crippen LogP contribution is 2.29. The molecule has 0 fully saturated rings. The van der Waals surface area contributed by atoms with Crippen molar-refractivity contribution in [2.45, 2.75) is 45.1 Å². The van der Waals surface area contributed by atoms with Crippen molar-refractivity contribution in [3.05, 3.63) is 29.8 Å². The van der Waals surface area contributed by atoms with E-state index in [0.29, 0.717) is 0 Å². The molecular weight excluding hydrogens is 341 g/mol. The number of aliphatic hydroxyl groups is 1. The van der Waals surface area contributed by atoms with Crippen molar-refractivity contribution >= 4 is 17.7 Å². The fourth-order valence-electron chi connectivity index (χ4n) is 1.63. The van der Waals surface area contributed by atoms with E-state index in [4.69, 9.17) is 4.74 Å². The van der Waals surface area contributed by atoms with Crippen molar-refractivity contribution in [1.29, 1.82) is 0 Å². The maximum Gasteiger partial charge on any atom is 0.416 e. The minimum atomic E-state index is -4.47. The molecule has 0 aliphatic rings. The van der Waals surface area contributed by atoms with Gasteiger partial charge in [-0.2, -0.15) is 13.2 Å². The quantitative estimate of drug-likeness (QED) is 0.719. The maximum atomic E-state index is 12.5. The number of hydrogen-bond acceptors (Lipinski definition) is 4. The van der Waals surface area contributed by atoms with Gasteiger partial charge in [-0.15, -0.1) is 0 Å². The summed E-state index contributed by atoms with van der Waals surface area (Å²) in [5, 5.41) is 14.6. The lowest BCUT2D eigenvalue weighted by Crippen LogP contribution is -2.50. The van der Waals surface area contributed by atoms with Crippen molar-refractivity contribution in [2.24, 2.45) is 0 Å². The lowest BCUT2D eigenvalue weighted by atomic mass is 10.1. The van der Waals surface area contributed by atoms with Crippen LogP contribution in [0.4, 0.5) is 23.7 Å². The number of nitrogens with one attached hydrogen (secondary N) is 2. The van der Waals surface area contributed by atoms with Crippen LogP contribution in [-0.4, -0.2) is 34.9 Å². The summed E-state index contributed by atoms with van der Waals surface area (Å²) in [5.74, 6) is -0.908. The van der Waals surface area contributed by atoms with Crippen LogP contribution in [-0.2, 0) is 15.7 Å². The van der Waals surface area contributed by atoms with E-state index < -0.39 is 41.5 Å². The van der Waals surface area contributed by atoms with Gasteiger partial charge < -0.3 is 20.5 Å². The molecule has 0 bridgehead atoms. The summed E-state index contributed by atoms with van der Waals surface area (Å²) in [6.07, 6.45) is -4.47. The molecule has 1 aromatic carbocycles. The van der Waals surface area contributed by atoms with Gasteiger partial charge in [0.15, 0.2) is 5.60 Å². The number of alkyl halides is 3. The van der Waals surface area contributed by atoms with Crippen molar-refractivity contribution < 1.29 is 32.6 Å². The third-order valence-corrected chi connectivity index (χ3v) is 2.90. The number of urea groups is 1. The van der Waals surface area contributed by atoms with Gasteiger partial charge in [0.25, 0.3) is 0 Å². The molecule has 0 saturated carbocycles. The number of halogens is 3. The van der Waals surface area contributed by atoms with Crippen molar-refractivity contribution in [3.63, 3.8) is 0 Å². The molecule has 3 N–H and O–H groups in total. The summed E-state index contributed by atoms with van der Waals surface area (Å²) in [6, 6.07) is 3.05. The zero-order chi connectivity index (χ0) is 19.5. The van der Waals surface area contributed by atoms with E-state index in [1.165, 1.54) is 6.92 Å². The number of ether oxygens (including phenoxy) is 1. The Kier molecular flexibility index (Phi) is 6.06. The van der Waals surface area contributed by atoms with Crippen LogP contribution in [0, 0.1) is 0 Å². The largest absolute Gasteiger partial charge is 0.458 e. The molecule has 0 saturated heterocycles. The summed E-state index contributed by atoms with van der Waals surface area (Å²) in [4.78, 5) is 23.6. The summed E-state index contributed by atoms with van der Waals surface area (Å²) in [6.45, 7) is 5.64. The molecule has 0 spiro atoms. The second-order valence-electron chi connectivity index (χ2n) is 6.66. The summed E-state index contributed by atoms with van der Waals surface area (Å²) >= 11 is 0. The van der Waals surface area contributed by atoms with E-state index >= 15 is 0 Å². The van der Waals surface area contributed by atoms with Gasteiger partial charge in [-0.25, -0.2) is 9.59 Å². The predicted octanol–water partition coefficient (Wildman–Crippen LogP) is 2.92. The second-order valence-corrected chi connectivity index (χ2v) is 6.66. The maximum absolute atomic E-state index is 12.5. The van der Waals surface area contributed by atoms with Gasteiger partial charge in [-0.1, -0.05) is 0 Å². The van der Waals surface area contributed by atoms with Crippen molar-refractivity contribution in [1.82, 2.24) is 5.32 Å². The Morgan fingerprint density at radius 1 is 1.08 bits per heavy atom. The molecule has 0 unspecified atom stereocenters. The number of carbonyl (C=O) groups excluding carboxylic acids is 2. The van der Waals surface area contributed by atoms with E-state index in [-0.39, 0.29) is 5.69 Å². The predicted molar refractivity (Wildman–Crippen MR) is 84.9 cm³/mol. The summed E-state index contributed by atoms with van der Waals surface area (Å²) < 4.78 is 42.4. The minimum absolute atomic E-state index is 0.127. The fourth-order valence-corrected chi connectivity index (χ4v) is 1.63. The van der Waals surface area contributed by atoms with Crippen molar-refractivity contribution in [2.75, 3.05) is 11.9 Å². The van der Waals surface area contributed by atoms with Crippen LogP contribution >= 0.6 is 0 Å². The van der Waals surface area contributed by atoms with Crippen LogP contribution in [0.25, 0.3) is 0 Å². The number of benzene rings is 1. The summed E-state index contributed by atoms with van der Waals surface area (Å²) in [5.41, 5.74) is -3.47. The van der Waals surface area contributed by atoms with E-state index in [2.05, 4.69) is 10.6 Å². The van der Waals surface area contributed by atoms with Crippen LogP contribution in [0.1, 0.15) is 33.3 Å². The van der Waals surface area contributed by atoms with Gasteiger partial charge in [-0.05, 0) is 52.0 Å². The first-order valence-electron chi connectivity index (χ1n) is 7.39. The monoisotopic (exact) mass is 362 g/mol. The molecule has 0 aliphatic carbocycles. The molecular formula is C16H21F3N2O4. The van der Waals surface area contributed by atoms with Crippen LogP contribution in [0.3, 0.4) is 0 Å². The van der Waals surface area contributed by atoms with Crippen LogP contribution in [0.15, 0.2) is 24.3 Å². The van der Waals surface area contributed by atoms with Gasteiger partial charge in [0.1, 0.15) is 5.60 Å². The van der Waals surface area contributed by atoms with Crippen LogP contribution < -0.4 is 10.6 Å². The first-order chi connectivity index (χ1) is 11.2. The Morgan fingerprint density at radius 2 is 1.60 bits per heavy atom. The molecule has 2 amide bonds. The highest BCUT2D eigenvalue weighted by atomic mass is 19.4. The van der Waals surface area contributed by atoms with Gasteiger partial charge in [0.05, 0.1) is 12.1 Å². The molecule has 0 aliphatic heterocycles. The smallest absolute Gasteiger partial charge is 0.416 e. The highest BCUT2D eigenvalue weighted by molar-refractivity contribution is 5.90. The average molecular weight is 362 g/mol. The standard InChI is InChI=1S/C16H21F3N2O4/c1-14(2,3)25-12(22)15(4,24)9-20-13(23)21-11-7-5-10(6-8-11)16(17,18)19/h5-8,24H,9H2,1-4H3,(H2,20,21,23)/t15-/m0/s1. The van der Waals surface area contributed by atoms with Gasteiger partial charge in [-0.3, -0.25) is 0 Å². The average Bonchev–Trinajstić information content (AvgIpc) is 2.43. The SMILES string of the molecule is CC(C)(C)OC(=O)[C@@](C)(O)CNC(=O)Nc1ccc(C(F)(F)F)cc1. The topological polar surface area (TPSA) is 87.7 Å². The molecule has 1 atom stereocenters. The Balaban J connectivity index is 2.58. The third kappa shape index (κ3) is 7.00. The molecule has 1 aromatic rings. The third-order valence-electron chi connectivity index (χ3n) is 2.90. The van der Waals surface area contributed by atoms with E-state index in [1.54, 1.807) is 20.8 Å². The van der Waals surface area contributed by atoms with Crippen LogP contribution in [0.5, 0.6) is 0 Å². The number of esters is 1. The molecule has 9 heteroatoms. The zero-order valence-electron chi connectivity index (χ0n) is 14.3. The second kappa shape index (κ2) is 7.30. The number of carbonyl (C=O) groups is 2. The Labute approximate surface area is 143 Å². The number of amides is 2. The highest BCUT2D eigenvalue weighted by Gasteiger charge is 2.35. The number of rotatable bonds is 4. The minimum Gasteiger partial charge on any atom is -0.458 e. The Bertz CT molecular complexity index is 620. The van der Waals surface area contributed by atoms with E-state index in [1.807, 2.05) is 0 Å². The molecule has 0 aromatic heterocycles. The van der Waals surface area contributed by atoms with E-state index in [9.17, 15) is 27.9 Å². The van der Waals surface area contributed by atoms with E-state index in [0.717, 1.165) is 24.3 Å². The molecule has 1 rings (SSSR count). The van der Waals surface area contributed by atoms with Crippen molar-refractivity contribution in [3.8, 4) is 0 Å². The molecule has 25 heavy (non-hydrogen) atoms. The Hall–Kier alpha value is -2.29. The lowest BCUT2D eigenvalue weighted by Gasteiger charge is -2.27. The van der Waals surface area contributed by atoms with Gasteiger partial charge >= 0.3 is 18.2 Å². The first kappa shape index (κ1) is 20.8. The summed E-state index contributed by atoms with van der Waals surface area (Å²) in [7, 11) is 0. The van der Waals surface area contributed by atoms with Gasteiger partial charge in [0, 0.05) is 5.69 Å². The molecule has 0 heterocycles. The van der Waals surface area contributed by atoms with Gasteiger partial charge in [0.2, 0.25) is 0 Å². The zero-order valence-corrected chi connectivity index (χ0v) is 14.3. The number of anilines is 1. The molecule has 0 radical (unpaired) electrons. The van der Waals surface area contributed by atoms with Crippen LogP contribution in [0.2, 0.25) is 0 Å². The normalized spacial score (nSPS) is 14.4. The molecule has 6 nitrogen and oxygen atoms in total. The Morgan fingerprint density at radius 3 is 2.04 bits per heavy atom. The molecule has 140 valence electrons. The fraction of sp³-hybridized carbons (Fsp3) is 0.500. The lowest BCUT2D eigenvalue weighted by molar-refractivity contribution is -0.174. The first-order valence-corrected chi connectivity index (χ1v) is 7.39.